The van der Waals surface area contributed by atoms with Crippen molar-refractivity contribution in [2.24, 2.45) is 5.11 Å². The molecule has 2 atom stereocenters. The fourth-order valence-corrected chi connectivity index (χ4v) is 2.40. The van der Waals surface area contributed by atoms with Gasteiger partial charge in [-0.1, -0.05) is 53.6 Å². The predicted molar refractivity (Wildman–Crippen MR) is 99.5 cm³/mol. The van der Waals surface area contributed by atoms with Crippen LogP contribution in [0.3, 0.4) is 0 Å². The number of carbonyl (C=O) groups is 1. The van der Waals surface area contributed by atoms with Crippen LogP contribution in [0.1, 0.15) is 12.5 Å². The van der Waals surface area contributed by atoms with Gasteiger partial charge >= 0.3 is 5.97 Å². The van der Waals surface area contributed by atoms with Gasteiger partial charge in [-0.25, -0.2) is 4.79 Å². The van der Waals surface area contributed by atoms with Crippen LogP contribution >= 0.6 is 0 Å². The molecule has 0 aromatic heterocycles. The number of carbonyl (C=O) groups excluding carboxylic acids is 1. The van der Waals surface area contributed by atoms with Gasteiger partial charge < -0.3 is 14.8 Å². The monoisotopic (exact) mass is 354 g/mol. The van der Waals surface area contributed by atoms with E-state index in [1.54, 1.807) is 6.92 Å². The Labute approximate surface area is 152 Å². The number of benzene rings is 2. The van der Waals surface area contributed by atoms with E-state index in [-0.39, 0.29) is 13.2 Å². The summed E-state index contributed by atoms with van der Waals surface area (Å²) in [6.45, 7) is 2.29. The lowest BCUT2D eigenvalue weighted by molar-refractivity contribution is -0.147. The molecule has 0 spiro atoms. The largest absolute Gasteiger partial charge is 0.464 e. The number of hydrogen-bond donors (Lipinski definition) is 1. The van der Waals surface area contributed by atoms with Crippen LogP contribution in [0.2, 0.25) is 0 Å². The predicted octanol–water partition coefficient (Wildman–Crippen LogP) is 3.93. The summed E-state index contributed by atoms with van der Waals surface area (Å²) < 4.78 is 11.1. The van der Waals surface area contributed by atoms with E-state index in [9.17, 15) is 4.79 Å². The second-order valence-electron chi connectivity index (χ2n) is 5.49. The van der Waals surface area contributed by atoms with E-state index in [1.165, 1.54) is 0 Å². The van der Waals surface area contributed by atoms with E-state index < -0.39 is 18.1 Å². The highest BCUT2D eigenvalue weighted by Crippen LogP contribution is 2.15. The van der Waals surface area contributed by atoms with Gasteiger partial charge in [0.1, 0.15) is 0 Å². The number of nitrogens with one attached hydrogen (secondary N) is 1. The van der Waals surface area contributed by atoms with Crippen molar-refractivity contribution in [2.75, 3.05) is 18.5 Å². The average molecular weight is 354 g/mol. The Morgan fingerprint density at radius 1 is 1.15 bits per heavy atom. The molecule has 2 rings (SSSR count). The second-order valence-corrected chi connectivity index (χ2v) is 5.49. The molecule has 0 radical (unpaired) electrons. The summed E-state index contributed by atoms with van der Waals surface area (Å²) in [6, 6.07) is 18.1. The number of para-hydroxylation sites is 1. The van der Waals surface area contributed by atoms with E-state index in [1.807, 2.05) is 60.7 Å². The zero-order valence-corrected chi connectivity index (χ0v) is 14.6. The standard InChI is InChI=1S/C19H22N4O3/c1-2-25-19(24)18(22-16-11-7-4-8-12-16)17(13-21-23-20)26-14-15-9-5-3-6-10-15/h3-12,17-18,22H,2,13-14H2,1H3. The molecule has 0 fully saturated rings. The Morgan fingerprint density at radius 2 is 1.81 bits per heavy atom. The van der Waals surface area contributed by atoms with Gasteiger partial charge in [0.15, 0.2) is 6.04 Å². The van der Waals surface area contributed by atoms with Gasteiger partial charge in [-0.15, -0.1) is 0 Å². The molecule has 26 heavy (non-hydrogen) atoms. The van der Waals surface area contributed by atoms with Crippen LogP contribution in [0.25, 0.3) is 10.4 Å². The summed E-state index contributed by atoms with van der Waals surface area (Å²) in [5, 5.41) is 6.72. The minimum atomic E-state index is -0.799. The number of anilines is 1. The maximum absolute atomic E-state index is 12.5. The van der Waals surface area contributed by atoms with Crippen molar-refractivity contribution in [2.45, 2.75) is 25.7 Å². The van der Waals surface area contributed by atoms with Crippen molar-refractivity contribution in [1.29, 1.82) is 0 Å². The highest BCUT2D eigenvalue weighted by Gasteiger charge is 2.30. The zero-order chi connectivity index (χ0) is 18.6. The summed E-state index contributed by atoms with van der Waals surface area (Å²) in [4.78, 5) is 15.3. The number of rotatable bonds is 10. The van der Waals surface area contributed by atoms with E-state index in [0.29, 0.717) is 6.61 Å². The topological polar surface area (TPSA) is 96.3 Å². The highest BCUT2D eigenvalue weighted by atomic mass is 16.5. The van der Waals surface area contributed by atoms with E-state index in [4.69, 9.17) is 15.0 Å². The number of hydrogen-bond acceptors (Lipinski definition) is 5. The van der Waals surface area contributed by atoms with Crippen LogP contribution in [0, 0.1) is 0 Å². The molecule has 2 aromatic carbocycles. The SMILES string of the molecule is CCOC(=O)C(Nc1ccccc1)C(CN=[N+]=[N-])OCc1ccccc1. The first-order chi connectivity index (χ1) is 12.7. The van der Waals surface area contributed by atoms with Gasteiger partial charge in [0, 0.05) is 10.6 Å². The van der Waals surface area contributed by atoms with Gasteiger partial charge in [0.25, 0.3) is 0 Å². The fraction of sp³-hybridized carbons (Fsp3) is 0.316. The Balaban J connectivity index is 2.18. The molecule has 0 aliphatic carbocycles. The minimum Gasteiger partial charge on any atom is -0.464 e. The molecule has 0 saturated heterocycles. The van der Waals surface area contributed by atoms with Crippen LogP contribution in [0.15, 0.2) is 65.8 Å². The molecule has 7 nitrogen and oxygen atoms in total. The molecule has 7 heteroatoms. The van der Waals surface area contributed by atoms with Crippen molar-refractivity contribution in [1.82, 2.24) is 0 Å². The summed E-state index contributed by atoms with van der Waals surface area (Å²) in [5.41, 5.74) is 10.4. The molecule has 0 amide bonds. The molecule has 2 aromatic rings. The molecule has 0 bridgehead atoms. The number of esters is 1. The lowest BCUT2D eigenvalue weighted by Gasteiger charge is -2.26. The average Bonchev–Trinajstić information content (AvgIpc) is 2.68. The van der Waals surface area contributed by atoms with Gasteiger partial charge in [0.2, 0.25) is 0 Å². The van der Waals surface area contributed by atoms with Crippen LogP contribution in [0.5, 0.6) is 0 Å². The first-order valence-electron chi connectivity index (χ1n) is 8.39. The summed E-state index contributed by atoms with van der Waals surface area (Å²) in [7, 11) is 0. The summed E-state index contributed by atoms with van der Waals surface area (Å²) >= 11 is 0. The first kappa shape index (κ1) is 19.3. The quantitative estimate of drug-likeness (QED) is 0.303. The summed E-state index contributed by atoms with van der Waals surface area (Å²) in [5.74, 6) is -0.456. The van der Waals surface area contributed by atoms with Crippen molar-refractivity contribution < 1.29 is 14.3 Å². The number of ether oxygens (including phenoxy) is 2. The van der Waals surface area contributed by atoms with Crippen molar-refractivity contribution in [3.63, 3.8) is 0 Å². The Kier molecular flexibility index (Phi) is 7.99. The van der Waals surface area contributed by atoms with Crippen molar-refractivity contribution in [3.05, 3.63) is 76.7 Å². The molecule has 136 valence electrons. The van der Waals surface area contributed by atoms with Crippen LogP contribution in [-0.2, 0) is 20.9 Å². The smallest absolute Gasteiger partial charge is 0.331 e. The lowest BCUT2D eigenvalue weighted by Crippen LogP contribution is -2.45. The molecule has 0 saturated carbocycles. The van der Waals surface area contributed by atoms with E-state index in [2.05, 4.69) is 15.3 Å². The zero-order valence-electron chi connectivity index (χ0n) is 14.6. The Bertz CT molecular complexity index is 718. The molecule has 2 unspecified atom stereocenters. The molecule has 0 heterocycles. The van der Waals surface area contributed by atoms with Gasteiger partial charge in [-0.3, -0.25) is 0 Å². The van der Waals surface area contributed by atoms with Crippen molar-refractivity contribution >= 4 is 11.7 Å². The van der Waals surface area contributed by atoms with E-state index >= 15 is 0 Å². The van der Waals surface area contributed by atoms with Crippen LogP contribution in [-0.4, -0.2) is 31.3 Å². The molecule has 1 N–H and O–H groups in total. The third-order valence-corrected chi connectivity index (χ3v) is 3.64. The molecule has 0 aliphatic rings. The second kappa shape index (κ2) is 10.8. The van der Waals surface area contributed by atoms with Crippen LogP contribution < -0.4 is 5.32 Å². The molecular weight excluding hydrogens is 332 g/mol. The Hall–Kier alpha value is -3.02. The number of azide groups is 1. The van der Waals surface area contributed by atoms with Gasteiger partial charge in [-0.05, 0) is 30.2 Å². The van der Waals surface area contributed by atoms with E-state index in [0.717, 1.165) is 11.3 Å². The highest BCUT2D eigenvalue weighted by molar-refractivity contribution is 5.80. The summed E-state index contributed by atoms with van der Waals surface area (Å²) in [6.07, 6.45) is -0.676. The first-order valence-corrected chi connectivity index (χ1v) is 8.39. The van der Waals surface area contributed by atoms with Crippen molar-refractivity contribution in [3.8, 4) is 0 Å². The van der Waals surface area contributed by atoms with Gasteiger partial charge in [-0.2, -0.15) is 0 Å². The number of nitrogens with zero attached hydrogens (tertiary/aromatic N) is 3. The normalized spacial score (nSPS) is 12.5. The third-order valence-electron chi connectivity index (χ3n) is 3.64. The maximum Gasteiger partial charge on any atom is 0.331 e. The lowest BCUT2D eigenvalue weighted by atomic mass is 10.1. The minimum absolute atomic E-state index is 0.00660. The fourth-order valence-electron chi connectivity index (χ4n) is 2.40. The Morgan fingerprint density at radius 3 is 2.42 bits per heavy atom. The van der Waals surface area contributed by atoms with Crippen LogP contribution in [0.4, 0.5) is 5.69 Å². The molecular formula is C19H22N4O3. The molecule has 0 aliphatic heterocycles. The maximum atomic E-state index is 12.5. The third kappa shape index (κ3) is 6.12. The van der Waals surface area contributed by atoms with Gasteiger partial charge in [0.05, 0.1) is 25.9 Å².